The maximum atomic E-state index is 5.92. The molecule has 0 aromatic heterocycles. The molecule has 0 amide bonds. The van der Waals surface area contributed by atoms with Gasteiger partial charge in [0.2, 0.25) is 0 Å². The molecule has 3 aromatic carbocycles. The van der Waals surface area contributed by atoms with Gasteiger partial charge in [0.05, 0.1) is 0 Å². The van der Waals surface area contributed by atoms with E-state index in [1.807, 2.05) is 12.1 Å². The van der Waals surface area contributed by atoms with Crippen molar-refractivity contribution in [1.82, 2.24) is 0 Å². The van der Waals surface area contributed by atoms with Crippen LogP contribution in [0.25, 0.3) is 22.8 Å². The summed E-state index contributed by atoms with van der Waals surface area (Å²) in [5, 5.41) is 2.38. The Labute approximate surface area is 175 Å². The molecular weight excluding hydrogens is 349 g/mol. The van der Waals surface area contributed by atoms with Gasteiger partial charge in [0.1, 0.15) is 0 Å². The second-order valence-electron chi connectivity index (χ2n) is 7.58. The van der Waals surface area contributed by atoms with Gasteiger partial charge in [0, 0.05) is 0 Å². The number of nitrogens with two attached hydrogens (primary N) is 1. The molecule has 0 aliphatic rings. The van der Waals surface area contributed by atoms with Crippen molar-refractivity contribution < 1.29 is 0 Å². The van der Waals surface area contributed by atoms with Crippen LogP contribution in [0.1, 0.15) is 34.7 Å². The molecular formula is C27H28BN. The summed E-state index contributed by atoms with van der Waals surface area (Å²) >= 11 is 0. The van der Waals surface area contributed by atoms with Crippen molar-refractivity contribution in [1.29, 1.82) is 0 Å². The van der Waals surface area contributed by atoms with Gasteiger partial charge in [-0.1, -0.05) is 5.56 Å². The fourth-order valence-electron chi connectivity index (χ4n) is 3.83. The first-order chi connectivity index (χ1) is 13.8. The van der Waals surface area contributed by atoms with Gasteiger partial charge in [-0.2, -0.15) is 0 Å². The quantitative estimate of drug-likeness (QED) is 0.688. The van der Waals surface area contributed by atoms with E-state index in [0.29, 0.717) is 5.59 Å². The molecule has 0 aliphatic carbocycles. The van der Waals surface area contributed by atoms with Crippen LogP contribution in [0.3, 0.4) is 0 Å². The van der Waals surface area contributed by atoms with Crippen LogP contribution in [-0.4, -0.2) is 13.1 Å². The third kappa shape index (κ3) is 4.17. The Kier molecular flexibility index (Phi) is 6.03. The van der Waals surface area contributed by atoms with Gasteiger partial charge in [-0.25, -0.2) is 0 Å². The van der Waals surface area contributed by atoms with Gasteiger partial charge in [0.15, 0.2) is 0 Å². The molecule has 144 valence electrons. The maximum absolute atomic E-state index is 5.92. The van der Waals surface area contributed by atoms with Crippen LogP contribution in [0.15, 0.2) is 67.3 Å². The van der Waals surface area contributed by atoms with E-state index in [0.717, 1.165) is 11.1 Å². The molecule has 0 atom stereocenters. The summed E-state index contributed by atoms with van der Waals surface area (Å²) in [4.78, 5) is 0. The monoisotopic (exact) mass is 377 g/mol. The molecule has 0 saturated carbocycles. The number of hydrogen-bond acceptors (Lipinski definition) is 1. The van der Waals surface area contributed by atoms with E-state index in [2.05, 4.69) is 96.4 Å². The average molecular weight is 377 g/mol. The number of aryl methyl sites for hydroxylation is 3. The zero-order valence-corrected chi connectivity index (χ0v) is 17.8. The van der Waals surface area contributed by atoms with E-state index in [1.54, 1.807) is 0 Å². The third-order valence-electron chi connectivity index (χ3n) is 5.45. The van der Waals surface area contributed by atoms with E-state index in [4.69, 9.17) is 5.73 Å². The number of allylic oxidation sites excluding steroid dienone is 1. The summed E-state index contributed by atoms with van der Waals surface area (Å²) in [6.07, 6.45) is 4.12. The van der Waals surface area contributed by atoms with Crippen molar-refractivity contribution >= 4 is 24.7 Å². The summed E-state index contributed by atoms with van der Waals surface area (Å²) in [6, 6.07) is 19.4. The summed E-state index contributed by atoms with van der Waals surface area (Å²) in [6.45, 7) is 12.6. The molecule has 0 radical (unpaired) electrons. The van der Waals surface area contributed by atoms with Crippen LogP contribution < -0.4 is 16.2 Å². The van der Waals surface area contributed by atoms with Gasteiger partial charge in [0.25, 0.3) is 0 Å². The van der Waals surface area contributed by atoms with Gasteiger partial charge in [-0.3, -0.25) is 0 Å². The van der Waals surface area contributed by atoms with Crippen molar-refractivity contribution in [3.63, 3.8) is 0 Å². The van der Waals surface area contributed by atoms with E-state index < -0.39 is 0 Å². The molecule has 0 bridgehead atoms. The zero-order chi connectivity index (χ0) is 21.1. The van der Waals surface area contributed by atoms with Crippen LogP contribution in [0, 0.1) is 20.8 Å². The van der Waals surface area contributed by atoms with Gasteiger partial charge >= 0.3 is 162 Å². The first kappa shape index (κ1) is 20.6. The molecule has 3 aromatic rings. The molecule has 0 aliphatic heterocycles. The van der Waals surface area contributed by atoms with Crippen molar-refractivity contribution in [2.45, 2.75) is 27.7 Å². The van der Waals surface area contributed by atoms with Crippen molar-refractivity contribution in [2.75, 3.05) is 0 Å². The molecule has 3 rings (SSSR count). The average Bonchev–Trinajstić information content (AvgIpc) is 2.70. The molecule has 2 N–H and O–H groups in total. The molecule has 29 heavy (non-hydrogen) atoms. The van der Waals surface area contributed by atoms with Gasteiger partial charge in [-0.05, 0) is 6.92 Å². The minimum atomic E-state index is 0.585. The Morgan fingerprint density at radius 1 is 0.931 bits per heavy atom. The van der Waals surface area contributed by atoms with E-state index in [-0.39, 0.29) is 0 Å². The van der Waals surface area contributed by atoms with Gasteiger partial charge < -0.3 is 0 Å². The predicted molar refractivity (Wildman–Crippen MR) is 130 cm³/mol. The topological polar surface area (TPSA) is 26.0 Å². The molecule has 0 fully saturated rings. The van der Waals surface area contributed by atoms with E-state index >= 15 is 0 Å². The van der Waals surface area contributed by atoms with Crippen molar-refractivity contribution in [3.05, 3.63) is 106 Å². The van der Waals surface area contributed by atoms with Crippen LogP contribution >= 0.6 is 0 Å². The molecule has 0 heterocycles. The van der Waals surface area contributed by atoms with Crippen LogP contribution in [0.2, 0.25) is 0 Å². The molecule has 0 saturated heterocycles. The second kappa shape index (κ2) is 8.49. The Bertz CT molecular complexity index is 1230. The van der Waals surface area contributed by atoms with Gasteiger partial charge in [-0.15, -0.1) is 0 Å². The van der Waals surface area contributed by atoms with Crippen LogP contribution in [0.5, 0.6) is 0 Å². The Morgan fingerprint density at radius 3 is 2.31 bits per heavy atom. The first-order valence-electron chi connectivity index (χ1n) is 9.92. The molecule has 0 unspecified atom stereocenters. The summed E-state index contributed by atoms with van der Waals surface area (Å²) in [5.74, 6) is 0. The molecule has 2 heteroatoms. The number of rotatable bonds is 4. The Balaban J connectivity index is 2.28. The summed E-state index contributed by atoms with van der Waals surface area (Å²) in [7, 11) is 3.88. The third-order valence-corrected chi connectivity index (χ3v) is 5.45. The fraction of sp³-hybridized carbons (Fsp3) is 0.148. The Hall–Kier alpha value is -3.13. The number of hydrogen-bond donors (Lipinski definition) is 1. The summed E-state index contributed by atoms with van der Waals surface area (Å²) in [5.41, 5.74) is 15.9. The van der Waals surface area contributed by atoms with E-state index in [1.165, 1.54) is 43.8 Å². The standard InChI is InChI=1S/C27H28BN/c1-6-20-15-21(26-16-22(27(28)29)10-9-18(26)4)11-13-25(20)23(7-2)24-12-8-17(3)14-19(24)5/h6-16,28H,2,29H2,1,3-5H3/b20-6-,25-23+. The van der Waals surface area contributed by atoms with Crippen LogP contribution in [-0.2, 0) is 0 Å². The predicted octanol–water partition coefficient (Wildman–Crippen LogP) is 3.80. The fourth-order valence-corrected chi connectivity index (χ4v) is 3.83. The zero-order valence-electron chi connectivity index (χ0n) is 17.8. The number of benzene rings is 3. The van der Waals surface area contributed by atoms with Crippen LogP contribution in [0.4, 0.5) is 0 Å². The van der Waals surface area contributed by atoms with Crippen molar-refractivity contribution in [3.8, 4) is 11.1 Å². The second-order valence-corrected chi connectivity index (χ2v) is 7.58. The van der Waals surface area contributed by atoms with E-state index in [9.17, 15) is 0 Å². The first-order valence-corrected chi connectivity index (χ1v) is 9.92. The van der Waals surface area contributed by atoms with Crippen molar-refractivity contribution in [2.24, 2.45) is 5.73 Å². The molecule has 1 nitrogen and oxygen atoms in total. The minimum absolute atomic E-state index is 0.585. The Morgan fingerprint density at radius 2 is 1.69 bits per heavy atom. The summed E-state index contributed by atoms with van der Waals surface area (Å²) < 4.78 is 0. The SMILES string of the molecule is B=C(N)c1ccc(C)c(-c2ccc(=C(/C=C)c3ccc(C)cc3C)/c(=C\C)c2)c1. The normalized spacial score (nSPS) is 12.6. The molecule has 0 spiro atoms.